The third-order valence-electron chi connectivity index (χ3n) is 6.19. The highest BCUT2D eigenvalue weighted by atomic mass is 35.5. The van der Waals surface area contributed by atoms with Crippen molar-refractivity contribution < 1.29 is 18.7 Å². The van der Waals surface area contributed by atoms with E-state index in [9.17, 15) is 14.0 Å². The monoisotopic (exact) mass is 542 g/mol. The van der Waals surface area contributed by atoms with Crippen LogP contribution in [-0.2, 0) is 16.1 Å². The van der Waals surface area contributed by atoms with E-state index in [1.165, 1.54) is 36.3 Å². The first-order valence-corrected chi connectivity index (χ1v) is 12.6. The molecule has 0 aliphatic rings. The lowest BCUT2D eigenvalue weighted by atomic mass is 10.0. The van der Waals surface area contributed by atoms with E-state index in [0.717, 1.165) is 16.8 Å². The van der Waals surface area contributed by atoms with Gasteiger partial charge in [-0.3, -0.25) is 4.79 Å². The molecule has 0 spiro atoms. The van der Waals surface area contributed by atoms with Gasteiger partial charge in [0.1, 0.15) is 5.82 Å². The SMILES string of the molecule is COC(=O)C=Cc1cc(F)cc(N(Cc2ccc(-c3ccc(N(C)C)cc3)cc2Cl)C(=O)c2ccccc2)c1. The third-order valence-corrected chi connectivity index (χ3v) is 6.55. The van der Waals surface area contributed by atoms with E-state index in [1.807, 2.05) is 67.5 Å². The smallest absolute Gasteiger partial charge is 0.330 e. The minimum Gasteiger partial charge on any atom is -0.466 e. The van der Waals surface area contributed by atoms with Gasteiger partial charge in [0.05, 0.1) is 13.7 Å². The summed E-state index contributed by atoms with van der Waals surface area (Å²) in [6.07, 6.45) is 2.63. The normalized spacial score (nSPS) is 10.9. The van der Waals surface area contributed by atoms with Crippen LogP contribution < -0.4 is 9.80 Å². The van der Waals surface area contributed by atoms with Crippen LogP contribution in [0.2, 0.25) is 5.02 Å². The molecule has 0 atom stereocenters. The zero-order valence-corrected chi connectivity index (χ0v) is 22.7. The summed E-state index contributed by atoms with van der Waals surface area (Å²) in [4.78, 5) is 28.7. The zero-order valence-electron chi connectivity index (χ0n) is 21.9. The van der Waals surface area contributed by atoms with Crippen LogP contribution in [0.5, 0.6) is 0 Å². The molecule has 0 aliphatic carbocycles. The van der Waals surface area contributed by atoms with Gasteiger partial charge in [0.2, 0.25) is 0 Å². The van der Waals surface area contributed by atoms with Gasteiger partial charge in [-0.05, 0) is 76.9 Å². The fourth-order valence-corrected chi connectivity index (χ4v) is 4.32. The predicted octanol–water partition coefficient (Wildman–Crippen LogP) is 7.25. The van der Waals surface area contributed by atoms with E-state index in [1.54, 1.807) is 30.3 Å². The number of amides is 1. The van der Waals surface area contributed by atoms with E-state index in [-0.39, 0.29) is 12.5 Å². The highest BCUT2D eigenvalue weighted by molar-refractivity contribution is 6.31. The van der Waals surface area contributed by atoms with Crippen molar-refractivity contribution in [3.63, 3.8) is 0 Å². The number of hydrogen-bond donors (Lipinski definition) is 0. The Morgan fingerprint density at radius 1 is 0.872 bits per heavy atom. The summed E-state index contributed by atoms with van der Waals surface area (Å²) in [6, 6.07) is 26.8. The molecule has 0 heterocycles. The number of rotatable bonds is 8. The molecule has 0 fully saturated rings. The first-order valence-electron chi connectivity index (χ1n) is 12.2. The highest BCUT2D eigenvalue weighted by Gasteiger charge is 2.21. The number of ether oxygens (including phenoxy) is 1. The second-order valence-electron chi connectivity index (χ2n) is 9.10. The zero-order chi connectivity index (χ0) is 27.9. The lowest BCUT2D eigenvalue weighted by Crippen LogP contribution is -2.30. The maximum atomic E-state index is 14.7. The number of hydrogen-bond acceptors (Lipinski definition) is 4. The predicted molar refractivity (Wildman–Crippen MR) is 156 cm³/mol. The van der Waals surface area contributed by atoms with Crippen LogP contribution in [0.15, 0.2) is 97.1 Å². The van der Waals surface area contributed by atoms with Crippen molar-refractivity contribution in [2.45, 2.75) is 6.54 Å². The Bertz CT molecular complexity index is 1500. The number of benzene rings is 4. The van der Waals surface area contributed by atoms with Gasteiger partial charge in [0.25, 0.3) is 5.91 Å². The fourth-order valence-electron chi connectivity index (χ4n) is 4.08. The van der Waals surface area contributed by atoms with Gasteiger partial charge in [-0.1, -0.05) is 54.1 Å². The second-order valence-corrected chi connectivity index (χ2v) is 9.51. The van der Waals surface area contributed by atoms with Crippen LogP contribution in [0, 0.1) is 5.82 Å². The van der Waals surface area contributed by atoms with E-state index in [4.69, 9.17) is 11.6 Å². The molecule has 0 saturated heterocycles. The Morgan fingerprint density at radius 2 is 1.56 bits per heavy atom. The Morgan fingerprint density at radius 3 is 2.21 bits per heavy atom. The molecule has 4 aromatic carbocycles. The molecule has 39 heavy (non-hydrogen) atoms. The second kappa shape index (κ2) is 12.4. The van der Waals surface area contributed by atoms with Crippen molar-refractivity contribution in [2.75, 3.05) is 31.0 Å². The van der Waals surface area contributed by atoms with Crippen LogP contribution in [0.4, 0.5) is 15.8 Å². The van der Waals surface area contributed by atoms with Gasteiger partial charge in [0, 0.05) is 42.1 Å². The van der Waals surface area contributed by atoms with Crippen molar-refractivity contribution in [1.29, 1.82) is 0 Å². The Kier molecular flexibility index (Phi) is 8.79. The lowest BCUT2D eigenvalue weighted by Gasteiger charge is -2.24. The molecule has 4 aromatic rings. The van der Waals surface area contributed by atoms with Gasteiger partial charge >= 0.3 is 5.97 Å². The number of nitrogens with zero attached hydrogens (tertiary/aromatic N) is 2. The molecule has 5 nitrogen and oxygen atoms in total. The minimum atomic E-state index is -0.568. The van der Waals surface area contributed by atoms with Crippen molar-refractivity contribution in [3.05, 3.63) is 125 Å². The maximum Gasteiger partial charge on any atom is 0.330 e. The van der Waals surface area contributed by atoms with Crippen LogP contribution in [-0.4, -0.2) is 33.1 Å². The standard InChI is InChI=1S/C32H28ClFN2O3/c1-35(2)28-14-12-23(13-15-28)25-10-11-26(30(33)19-25)21-36(32(38)24-7-5-4-6-8-24)29-18-22(17-27(34)20-29)9-16-31(37)39-3/h4-20H,21H2,1-3H3. The first-order chi connectivity index (χ1) is 18.7. The summed E-state index contributed by atoms with van der Waals surface area (Å²) in [5.41, 5.74) is 4.92. The van der Waals surface area contributed by atoms with Crippen LogP contribution in [0.25, 0.3) is 17.2 Å². The van der Waals surface area contributed by atoms with Crippen LogP contribution in [0.3, 0.4) is 0 Å². The summed E-state index contributed by atoms with van der Waals surface area (Å²) < 4.78 is 19.3. The molecule has 0 saturated carbocycles. The topological polar surface area (TPSA) is 49.9 Å². The van der Waals surface area contributed by atoms with E-state index in [2.05, 4.69) is 4.74 Å². The number of halogens is 2. The average Bonchev–Trinajstić information content (AvgIpc) is 2.95. The first kappa shape index (κ1) is 27.6. The van der Waals surface area contributed by atoms with E-state index in [0.29, 0.717) is 27.4 Å². The molecule has 0 N–H and O–H groups in total. The molecular formula is C32H28ClFN2O3. The van der Waals surface area contributed by atoms with Crippen molar-refractivity contribution in [1.82, 2.24) is 0 Å². The maximum absolute atomic E-state index is 14.7. The summed E-state index contributed by atoms with van der Waals surface area (Å²) in [6.45, 7) is 0.107. The Labute approximate surface area is 232 Å². The molecule has 0 aliphatic heterocycles. The van der Waals surface area contributed by atoms with Gasteiger partial charge < -0.3 is 14.5 Å². The molecule has 4 rings (SSSR count). The number of carbonyl (C=O) groups excluding carboxylic acids is 2. The van der Waals surface area contributed by atoms with Gasteiger partial charge in [0.15, 0.2) is 0 Å². The summed E-state index contributed by atoms with van der Waals surface area (Å²) in [7, 11) is 5.23. The molecule has 0 radical (unpaired) electrons. The van der Waals surface area contributed by atoms with Gasteiger partial charge in [-0.15, -0.1) is 0 Å². The minimum absolute atomic E-state index is 0.107. The summed E-state index contributed by atoms with van der Waals surface area (Å²) in [5, 5.41) is 0.484. The van der Waals surface area contributed by atoms with Crippen LogP contribution in [0.1, 0.15) is 21.5 Å². The number of carbonyl (C=O) groups is 2. The van der Waals surface area contributed by atoms with E-state index >= 15 is 0 Å². The molecule has 0 aromatic heterocycles. The number of anilines is 2. The molecular weight excluding hydrogens is 515 g/mol. The Hall–Kier alpha value is -4.42. The number of methoxy groups -OCH3 is 1. The van der Waals surface area contributed by atoms with E-state index < -0.39 is 11.8 Å². The third kappa shape index (κ3) is 6.92. The summed E-state index contributed by atoms with van der Waals surface area (Å²) in [5.74, 6) is -1.43. The van der Waals surface area contributed by atoms with Gasteiger partial charge in [-0.25, -0.2) is 9.18 Å². The van der Waals surface area contributed by atoms with Gasteiger partial charge in [-0.2, -0.15) is 0 Å². The highest BCUT2D eigenvalue weighted by Crippen LogP contribution is 2.30. The van der Waals surface area contributed by atoms with Crippen molar-refractivity contribution in [3.8, 4) is 11.1 Å². The number of esters is 1. The Balaban J connectivity index is 1.70. The average molecular weight is 543 g/mol. The van der Waals surface area contributed by atoms with Crippen LogP contribution >= 0.6 is 11.6 Å². The fraction of sp³-hybridized carbons (Fsp3) is 0.125. The van der Waals surface area contributed by atoms with Crippen molar-refractivity contribution >= 4 is 40.9 Å². The quantitative estimate of drug-likeness (QED) is 0.174. The molecule has 1 amide bonds. The molecule has 198 valence electrons. The largest absolute Gasteiger partial charge is 0.466 e. The molecule has 7 heteroatoms. The summed E-state index contributed by atoms with van der Waals surface area (Å²) >= 11 is 6.72. The van der Waals surface area contributed by atoms with Crippen molar-refractivity contribution in [2.24, 2.45) is 0 Å². The lowest BCUT2D eigenvalue weighted by molar-refractivity contribution is -0.134. The molecule has 0 bridgehead atoms. The molecule has 0 unspecified atom stereocenters.